The predicted octanol–water partition coefficient (Wildman–Crippen LogP) is 4.85. The SMILES string of the molecule is CCCCSc1nnc(COc2ccc(Cl)cc2Cl)o1. The van der Waals surface area contributed by atoms with Crippen LogP contribution < -0.4 is 4.74 Å². The molecule has 0 saturated heterocycles. The second kappa shape index (κ2) is 7.76. The van der Waals surface area contributed by atoms with E-state index in [9.17, 15) is 0 Å². The molecule has 1 heterocycles. The quantitative estimate of drug-likeness (QED) is 0.535. The molecule has 20 heavy (non-hydrogen) atoms. The number of rotatable bonds is 7. The molecule has 0 radical (unpaired) electrons. The number of unbranched alkanes of at least 4 members (excludes halogenated alkanes) is 1. The molecule has 7 heteroatoms. The largest absolute Gasteiger partial charge is 0.482 e. The molecule has 108 valence electrons. The summed E-state index contributed by atoms with van der Waals surface area (Å²) in [5, 5.41) is 9.46. The molecule has 0 aliphatic rings. The van der Waals surface area contributed by atoms with Gasteiger partial charge in [0.1, 0.15) is 5.75 Å². The summed E-state index contributed by atoms with van der Waals surface area (Å²) in [7, 11) is 0. The molecule has 1 aromatic heterocycles. The first-order chi connectivity index (χ1) is 9.69. The number of nitrogens with zero attached hydrogens (tertiary/aromatic N) is 2. The zero-order chi connectivity index (χ0) is 14.4. The van der Waals surface area contributed by atoms with Crippen molar-refractivity contribution in [1.29, 1.82) is 0 Å². The Morgan fingerprint density at radius 2 is 2.15 bits per heavy atom. The Balaban J connectivity index is 1.87. The predicted molar refractivity (Wildman–Crippen MR) is 80.7 cm³/mol. The zero-order valence-corrected chi connectivity index (χ0v) is 13.3. The lowest BCUT2D eigenvalue weighted by molar-refractivity contribution is 0.252. The topological polar surface area (TPSA) is 48.2 Å². The van der Waals surface area contributed by atoms with Gasteiger partial charge in [-0.1, -0.05) is 48.3 Å². The fourth-order valence-corrected chi connectivity index (χ4v) is 2.71. The molecule has 0 amide bonds. The second-order valence-corrected chi connectivity index (χ2v) is 5.92. The summed E-state index contributed by atoms with van der Waals surface area (Å²) >= 11 is 13.4. The first kappa shape index (κ1) is 15.5. The van der Waals surface area contributed by atoms with E-state index in [-0.39, 0.29) is 6.61 Å². The van der Waals surface area contributed by atoms with Crippen molar-refractivity contribution >= 4 is 35.0 Å². The number of hydrogen-bond donors (Lipinski definition) is 0. The maximum absolute atomic E-state index is 6.01. The van der Waals surface area contributed by atoms with Crippen LogP contribution in [0.5, 0.6) is 5.75 Å². The van der Waals surface area contributed by atoms with E-state index >= 15 is 0 Å². The summed E-state index contributed by atoms with van der Waals surface area (Å²) in [5.74, 6) is 1.94. The average Bonchev–Trinajstić information content (AvgIpc) is 2.86. The number of benzene rings is 1. The summed E-state index contributed by atoms with van der Waals surface area (Å²) in [4.78, 5) is 0. The van der Waals surface area contributed by atoms with Crippen LogP contribution in [0.15, 0.2) is 27.8 Å². The lowest BCUT2D eigenvalue weighted by Crippen LogP contribution is -1.96. The lowest BCUT2D eigenvalue weighted by atomic mass is 10.3. The number of hydrogen-bond acceptors (Lipinski definition) is 5. The van der Waals surface area contributed by atoms with Crippen molar-refractivity contribution in [1.82, 2.24) is 10.2 Å². The Bertz CT molecular complexity index is 563. The minimum absolute atomic E-state index is 0.183. The van der Waals surface area contributed by atoms with Gasteiger partial charge in [-0.3, -0.25) is 0 Å². The van der Waals surface area contributed by atoms with Crippen molar-refractivity contribution < 1.29 is 9.15 Å². The first-order valence-electron chi connectivity index (χ1n) is 6.22. The maximum atomic E-state index is 6.01. The van der Waals surface area contributed by atoms with Crippen LogP contribution in [0, 0.1) is 0 Å². The van der Waals surface area contributed by atoms with E-state index in [2.05, 4.69) is 17.1 Å². The minimum Gasteiger partial charge on any atom is -0.482 e. The van der Waals surface area contributed by atoms with Gasteiger partial charge in [-0.25, -0.2) is 0 Å². The van der Waals surface area contributed by atoms with E-state index < -0.39 is 0 Å². The Kier molecular flexibility index (Phi) is 6.01. The molecule has 0 unspecified atom stereocenters. The van der Waals surface area contributed by atoms with Gasteiger partial charge in [0.05, 0.1) is 5.02 Å². The van der Waals surface area contributed by atoms with Gasteiger partial charge in [-0.05, 0) is 24.6 Å². The lowest BCUT2D eigenvalue weighted by Gasteiger charge is -2.05. The maximum Gasteiger partial charge on any atom is 0.276 e. The second-order valence-electron chi connectivity index (χ2n) is 4.03. The molecule has 0 saturated carbocycles. The molecule has 0 atom stereocenters. The van der Waals surface area contributed by atoms with Gasteiger partial charge in [0.2, 0.25) is 0 Å². The Morgan fingerprint density at radius 1 is 1.30 bits per heavy atom. The smallest absolute Gasteiger partial charge is 0.276 e. The molecule has 0 fully saturated rings. The van der Waals surface area contributed by atoms with Crippen LogP contribution in [0.1, 0.15) is 25.7 Å². The van der Waals surface area contributed by atoms with Crippen LogP contribution in [0.3, 0.4) is 0 Å². The highest BCUT2D eigenvalue weighted by atomic mass is 35.5. The molecule has 0 aliphatic carbocycles. The van der Waals surface area contributed by atoms with Crippen LogP contribution in [-0.4, -0.2) is 16.0 Å². The Labute approximate surface area is 131 Å². The van der Waals surface area contributed by atoms with Crippen molar-refractivity contribution in [2.24, 2.45) is 0 Å². The third-order valence-electron chi connectivity index (χ3n) is 2.42. The van der Waals surface area contributed by atoms with Gasteiger partial charge in [0, 0.05) is 10.8 Å². The van der Waals surface area contributed by atoms with Gasteiger partial charge in [-0.15, -0.1) is 10.2 Å². The van der Waals surface area contributed by atoms with Crippen molar-refractivity contribution in [2.45, 2.75) is 31.6 Å². The minimum atomic E-state index is 0.183. The Morgan fingerprint density at radius 3 is 2.90 bits per heavy atom. The Hall–Kier alpha value is -0.910. The van der Waals surface area contributed by atoms with Crippen molar-refractivity contribution in [2.75, 3.05) is 5.75 Å². The van der Waals surface area contributed by atoms with E-state index in [0.717, 1.165) is 18.6 Å². The summed E-state index contributed by atoms with van der Waals surface area (Å²) in [6, 6.07) is 5.04. The van der Waals surface area contributed by atoms with Gasteiger partial charge >= 0.3 is 0 Å². The average molecular weight is 333 g/mol. The van der Waals surface area contributed by atoms with Gasteiger partial charge in [-0.2, -0.15) is 0 Å². The summed E-state index contributed by atoms with van der Waals surface area (Å²) in [6.07, 6.45) is 2.27. The third kappa shape index (κ3) is 4.58. The molecule has 0 aliphatic heterocycles. The molecule has 1 aromatic carbocycles. The van der Waals surface area contributed by atoms with E-state index in [1.165, 1.54) is 0 Å². The van der Waals surface area contributed by atoms with E-state index in [1.807, 2.05) is 0 Å². The monoisotopic (exact) mass is 332 g/mol. The standard InChI is InChI=1S/C13H14Cl2N2O2S/c1-2-3-6-20-13-17-16-12(19-13)8-18-11-5-4-9(14)7-10(11)15/h4-5,7H,2-3,6,8H2,1H3. The van der Waals surface area contributed by atoms with E-state index in [0.29, 0.717) is 26.9 Å². The highest BCUT2D eigenvalue weighted by molar-refractivity contribution is 7.99. The fraction of sp³-hybridized carbons (Fsp3) is 0.385. The van der Waals surface area contributed by atoms with Crippen LogP contribution in [-0.2, 0) is 6.61 Å². The summed E-state index contributed by atoms with van der Waals surface area (Å²) in [5.41, 5.74) is 0. The molecule has 0 spiro atoms. The highest BCUT2D eigenvalue weighted by Gasteiger charge is 2.09. The molecule has 0 bridgehead atoms. The fourth-order valence-electron chi connectivity index (χ4n) is 1.39. The van der Waals surface area contributed by atoms with Crippen molar-refractivity contribution in [3.8, 4) is 5.75 Å². The summed E-state index contributed by atoms with van der Waals surface area (Å²) < 4.78 is 11.0. The third-order valence-corrected chi connectivity index (χ3v) is 3.85. The zero-order valence-electron chi connectivity index (χ0n) is 10.9. The van der Waals surface area contributed by atoms with Crippen LogP contribution >= 0.6 is 35.0 Å². The van der Waals surface area contributed by atoms with Gasteiger partial charge < -0.3 is 9.15 Å². The number of aromatic nitrogens is 2. The number of halogens is 2. The highest BCUT2D eigenvalue weighted by Crippen LogP contribution is 2.28. The molecule has 0 N–H and O–H groups in total. The van der Waals surface area contributed by atoms with Crippen LogP contribution in [0.2, 0.25) is 10.0 Å². The van der Waals surface area contributed by atoms with E-state index in [1.54, 1.807) is 30.0 Å². The molecular weight excluding hydrogens is 319 g/mol. The van der Waals surface area contributed by atoms with Gasteiger partial charge in [0.25, 0.3) is 11.1 Å². The van der Waals surface area contributed by atoms with E-state index in [4.69, 9.17) is 32.4 Å². The van der Waals surface area contributed by atoms with Crippen molar-refractivity contribution in [3.05, 3.63) is 34.1 Å². The number of ether oxygens (including phenoxy) is 1. The first-order valence-corrected chi connectivity index (χ1v) is 7.96. The van der Waals surface area contributed by atoms with Crippen LogP contribution in [0.25, 0.3) is 0 Å². The molecule has 2 aromatic rings. The van der Waals surface area contributed by atoms with Crippen LogP contribution in [0.4, 0.5) is 0 Å². The summed E-state index contributed by atoms with van der Waals surface area (Å²) in [6.45, 7) is 2.33. The van der Waals surface area contributed by atoms with Gasteiger partial charge in [0.15, 0.2) is 6.61 Å². The molecule has 4 nitrogen and oxygen atoms in total. The van der Waals surface area contributed by atoms with Crippen molar-refractivity contribution in [3.63, 3.8) is 0 Å². The molecular formula is C13H14Cl2N2O2S. The molecule has 2 rings (SSSR count). The number of thioether (sulfide) groups is 1. The normalized spacial score (nSPS) is 10.8.